The summed E-state index contributed by atoms with van der Waals surface area (Å²) >= 11 is 0. The van der Waals surface area contributed by atoms with Gasteiger partial charge in [-0.15, -0.1) is 0 Å². The SMILES string of the molecule is CCC/C=C\CCCCCCCC(=O)NC(COC1OC(CO)C(O)C(O)C1O)C(O)CCCCCCCCCCCCCCCCCCCCCCCCCCC. The first-order chi connectivity index (χ1) is 28.3. The Bertz CT molecular complexity index is 919. The Hall–Kier alpha value is -1.07. The molecule has 6 N–H and O–H groups in total. The third-order valence-corrected chi connectivity index (χ3v) is 12.1. The van der Waals surface area contributed by atoms with E-state index in [1.54, 1.807) is 0 Å². The Kier molecular flexibility index (Phi) is 37.9. The van der Waals surface area contributed by atoms with Crippen LogP contribution in [-0.4, -0.2) is 87.5 Å². The minimum absolute atomic E-state index is 0.138. The monoisotopic (exact) mass is 826 g/mol. The van der Waals surface area contributed by atoms with Crippen molar-refractivity contribution < 1.29 is 39.8 Å². The van der Waals surface area contributed by atoms with Crippen molar-refractivity contribution in [3.05, 3.63) is 12.2 Å². The average molecular weight is 826 g/mol. The molecule has 1 amide bonds. The standard InChI is InChI=1S/C49H95NO8/c1-3-5-7-9-11-13-15-16-17-18-19-20-21-22-23-24-25-26-27-28-29-30-32-34-36-38-43(52)42(41-57-49-48(56)47(55)46(54)44(40-51)58-49)50-45(53)39-37-35-33-31-14-12-10-8-6-4-2/h8,10,42-44,46-49,51-52,54-56H,3-7,9,11-41H2,1-2H3,(H,50,53)/b10-8-. The van der Waals surface area contributed by atoms with Crippen LogP contribution in [0.15, 0.2) is 12.2 Å². The summed E-state index contributed by atoms with van der Waals surface area (Å²) in [6, 6.07) is -0.718. The zero-order valence-corrected chi connectivity index (χ0v) is 37.8. The van der Waals surface area contributed by atoms with Crippen molar-refractivity contribution in [2.45, 2.75) is 281 Å². The minimum atomic E-state index is -1.55. The van der Waals surface area contributed by atoms with Gasteiger partial charge in [0.05, 0.1) is 25.4 Å². The molecule has 1 heterocycles. The number of carbonyl (C=O) groups is 1. The molecular weight excluding hydrogens is 731 g/mol. The molecule has 0 saturated carbocycles. The van der Waals surface area contributed by atoms with Gasteiger partial charge < -0.3 is 40.3 Å². The molecule has 9 nitrogen and oxygen atoms in total. The van der Waals surface area contributed by atoms with E-state index in [-0.39, 0.29) is 12.5 Å². The van der Waals surface area contributed by atoms with Gasteiger partial charge in [0, 0.05) is 6.42 Å². The number of nitrogens with one attached hydrogen (secondary N) is 1. The van der Waals surface area contributed by atoms with E-state index in [1.807, 2.05) is 0 Å². The number of hydrogen-bond donors (Lipinski definition) is 6. The highest BCUT2D eigenvalue weighted by molar-refractivity contribution is 5.76. The Balaban J connectivity index is 2.19. The van der Waals surface area contributed by atoms with Crippen LogP contribution >= 0.6 is 0 Å². The fourth-order valence-corrected chi connectivity index (χ4v) is 8.11. The van der Waals surface area contributed by atoms with E-state index in [1.165, 1.54) is 148 Å². The molecule has 0 radical (unpaired) electrons. The van der Waals surface area contributed by atoms with Crippen LogP contribution in [-0.2, 0) is 14.3 Å². The highest BCUT2D eigenvalue weighted by Crippen LogP contribution is 2.23. The number of aliphatic hydroxyl groups is 5. The van der Waals surface area contributed by atoms with E-state index in [0.717, 1.165) is 64.2 Å². The molecule has 1 aliphatic rings. The quantitative estimate of drug-likeness (QED) is 0.0263. The maximum Gasteiger partial charge on any atom is 0.220 e. The van der Waals surface area contributed by atoms with Crippen molar-refractivity contribution in [3.63, 3.8) is 0 Å². The smallest absolute Gasteiger partial charge is 0.220 e. The maximum atomic E-state index is 12.9. The Morgan fingerprint density at radius 3 is 1.47 bits per heavy atom. The van der Waals surface area contributed by atoms with Gasteiger partial charge in [0.15, 0.2) is 6.29 Å². The molecule has 0 bridgehead atoms. The molecular formula is C49H95NO8. The second-order valence-corrected chi connectivity index (χ2v) is 17.6. The molecule has 7 atom stereocenters. The van der Waals surface area contributed by atoms with Crippen molar-refractivity contribution >= 4 is 5.91 Å². The molecule has 7 unspecified atom stereocenters. The van der Waals surface area contributed by atoms with Crippen molar-refractivity contribution in [3.8, 4) is 0 Å². The van der Waals surface area contributed by atoms with Crippen LogP contribution in [0.5, 0.6) is 0 Å². The van der Waals surface area contributed by atoms with Crippen LogP contribution in [0.2, 0.25) is 0 Å². The van der Waals surface area contributed by atoms with Crippen LogP contribution < -0.4 is 5.32 Å². The Morgan fingerprint density at radius 2 is 1.00 bits per heavy atom. The first-order valence-electron chi connectivity index (χ1n) is 24.9. The number of allylic oxidation sites excluding steroid dienone is 2. The predicted molar refractivity (Wildman–Crippen MR) is 240 cm³/mol. The molecule has 1 aliphatic heterocycles. The number of rotatable bonds is 42. The molecule has 9 heteroatoms. The summed E-state index contributed by atoms with van der Waals surface area (Å²) in [6.45, 7) is 3.78. The fourth-order valence-electron chi connectivity index (χ4n) is 8.11. The summed E-state index contributed by atoms with van der Waals surface area (Å²) < 4.78 is 11.2. The van der Waals surface area contributed by atoms with Crippen molar-refractivity contribution in [2.24, 2.45) is 0 Å². The molecule has 0 aromatic rings. The van der Waals surface area contributed by atoms with Crippen molar-refractivity contribution in [1.29, 1.82) is 0 Å². The summed E-state index contributed by atoms with van der Waals surface area (Å²) in [5, 5.41) is 54.3. The number of carbonyl (C=O) groups excluding carboxylic acids is 1. The third kappa shape index (κ3) is 30.0. The molecule has 344 valence electrons. The number of amides is 1. The van der Waals surface area contributed by atoms with Crippen LogP contribution in [0.25, 0.3) is 0 Å². The van der Waals surface area contributed by atoms with Gasteiger partial charge in [0.1, 0.15) is 24.4 Å². The lowest BCUT2D eigenvalue weighted by Crippen LogP contribution is -2.60. The average Bonchev–Trinajstić information content (AvgIpc) is 3.22. The summed E-state index contributed by atoms with van der Waals surface area (Å²) in [5.41, 5.74) is 0. The molecule has 0 aromatic heterocycles. The van der Waals surface area contributed by atoms with Crippen LogP contribution in [0.4, 0.5) is 0 Å². The summed E-state index contributed by atoms with van der Waals surface area (Å²) in [6.07, 6.45) is 39.6. The Labute approximate surface area is 356 Å². The normalized spacial score (nSPS) is 20.8. The largest absolute Gasteiger partial charge is 0.394 e. The number of ether oxygens (including phenoxy) is 2. The van der Waals surface area contributed by atoms with Crippen LogP contribution in [0.1, 0.15) is 239 Å². The molecule has 1 fully saturated rings. The zero-order chi connectivity index (χ0) is 42.3. The van der Waals surface area contributed by atoms with Crippen molar-refractivity contribution in [1.82, 2.24) is 5.32 Å². The fraction of sp³-hybridized carbons (Fsp3) is 0.939. The number of aliphatic hydroxyl groups excluding tert-OH is 5. The lowest BCUT2D eigenvalue weighted by molar-refractivity contribution is -0.302. The first kappa shape index (κ1) is 54.9. The van der Waals surface area contributed by atoms with Crippen molar-refractivity contribution in [2.75, 3.05) is 13.2 Å². The molecule has 0 aliphatic carbocycles. The lowest BCUT2D eigenvalue weighted by atomic mass is 9.99. The van der Waals surface area contributed by atoms with E-state index in [0.29, 0.717) is 12.8 Å². The van der Waals surface area contributed by atoms with Gasteiger partial charge >= 0.3 is 0 Å². The highest BCUT2D eigenvalue weighted by atomic mass is 16.7. The Morgan fingerprint density at radius 1 is 0.569 bits per heavy atom. The maximum absolute atomic E-state index is 12.9. The number of hydrogen-bond acceptors (Lipinski definition) is 8. The van der Waals surface area contributed by atoms with E-state index in [4.69, 9.17) is 9.47 Å². The zero-order valence-electron chi connectivity index (χ0n) is 37.8. The van der Waals surface area contributed by atoms with Crippen LogP contribution in [0.3, 0.4) is 0 Å². The first-order valence-corrected chi connectivity index (χ1v) is 24.9. The molecule has 0 spiro atoms. The van der Waals surface area contributed by atoms with Gasteiger partial charge in [-0.3, -0.25) is 4.79 Å². The molecule has 0 aromatic carbocycles. The van der Waals surface area contributed by atoms with Crippen LogP contribution in [0, 0.1) is 0 Å². The highest BCUT2D eigenvalue weighted by Gasteiger charge is 2.44. The second-order valence-electron chi connectivity index (χ2n) is 17.6. The van der Waals surface area contributed by atoms with Gasteiger partial charge in [-0.25, -0.2) is 0 Å². The topological polar surface area (TPSA) is 149 Å². The lowest BCUT2D eigenvalue weighted by Gasteiger charge is -2.40. The number of unbranched alkanes of at least 4 members (excludes halogenated alkanes) is 30. The molecule has 1 saturated heterocycles. The molecule has 1 rings (SSSR count). The van der Waals surface area contributed by atoms with Gasteiger partial charge in [0.2, 0.25) is 5.91 Å². The van der Waals surface area contributed by atoms with Gasteiger partial charge in [-0.1, -0.05) is 212 Å². The van der Waals surface area contributed by atoms with Gasteiger partial charge in [-0.05, 0) is 32.1 Å². The van der Waals surface area contributed by atoms with E-state index < -0.39 is 49.5 Å². The molecule has 58 heavy (non-hydrogen) atoms. The minimum Gasteiger partial charge on any atom is -0.394 e. The summed E-state index contributed by atoms with van der Waals surface area (Å²) in [4.78, 5) is 12.9. The van der Waals surface area contributed by atoms with E-state index in [9.17, 15) is 30.3 Å². The predicted octanol–water partition coefficient (Wildman–Crippen LogP) is 10.9. The summed E-state index contributed by atoms with van der Waals surface area (Å²) in [5.74, 6) is -0.154. The van der Waals surface area contributed by atoms with E-state index in [2.05, 4.69) is 31.3 Å². The van der Waals surface area contributed by atoms with Gasteiger partial charge in [0.25, 0.3) is 0 Å². The third-order valence-electron chi connectivity index (χ3n) is 12.1. The van der Waals surface area contributed by atoms with Gasteiger partial charge in [-0.2, -0.15) is 0 Å². The van der Waals surface area contributed by atoms with E-state index >= 15 is 0 Å². The summed E-state index contributed by atoms with van der Waals surface area (Å²) in [7, 11) is 0. The second kappa shape index (κ2) is 40.0.